The van der Waals surface area contributed by atoms with Crippen LogP contribution in [0.25, 0.3) is 0 Å². The summed E-state index contributed by atoms with van der Waals surface area (Å²) in [4.78, 5) is 0. The van der Waals surface area contributed by atoms with E-state index in [0.29, 0.717) is 0 Å². The fourth-order valence-electron chi connectivity index (χ4n) is 3.70. The maximum Gasteiger partial charge on any atom is 0.120 e. The molecule has 2 spiro atoms. The molecule has 0 amide bonds. The Kier molecular flexibility index (Phi) is 2.77. The molecule has 3 aliphatic rings. The minimum absolute atomic E-state index is 0.0315. The summed E-state index contributed by atoms with van der Waals surface area (Å²) in [5.41, 5.74) is 0.0817. The monoisotopic (exact) mass is 239 g/mol. The van der Waals surface area contributed by atoms with Crippen molar-refractivity contribution >= 4 is 0 Å². The Morgan fingerprint density at radius 2 is 1.76 bits per heavy atom. The largest absolute Gasteiger partial charge is 0.378 e. The van der Waals surface area contributed by atoms with Crippen LogP contribution in [0.5, 0.6) is 0 Å². The molecule has 3 heteroatoms. The van der Waals surface area contributed by atoms with Crippen LogP contribution in [0.15, 0.2) is 0 Å². The van der Waals surface area contributed by atoms with E-state index in [4.69, 9.17) is 9.47 Å². The maximum atomic E-state index is 6.64. The van der Waals surface area contributed by atoms with E-state index in [2.05, 4.69) is 19.2 Å². The van der Waals surface area contributed by atoms with E-state index in [-0.39, 0.29) is 16.7 Å². The van der Waals surface area contributed by atoms with Gasteiger partial charge < -0.3 is 9.47 Å². The lowest BCUT2D eigenvalue weighted by molar-refractivity contribution is -0.280. The number of nitrogens with one attached hydrogen (secondary N) is 1. The number of rotatable bonds is 0. The van der Waals surface area contributed by atoms with E-state index >= 15 is 0 Å². The molecule has 17 heavy (non-hydrogen) atoms. The van der Waals surface area contributed by atoms with Crippen LogP contribution >= 0.6 is 0 Å². The summed E-state index contributed by atoms with van der Waals surface area (Å²) < 4.78 is 12.4. The van der Waals surface area contributed by atoms with Gasteiger partial charge in [-0.05, 0) is 38.5 Å². The van der Waals surface area contributed by atoms with Crippen molar-refractivity contribution in [2.75, 3.05) is 19.8 Å². The second-order valence-electron chi connectivity index (χ2n) is 6.69. The maximum absolute atomic E-state index is 6.64. The quantitative estimate of drug-likeness (QED) is 0.704. The molecule has 2 saturated heterocycles. The number of hydrogen-bond acceptors (Lipinski definition) is 3. The second-order valence-corrected chi connectivity index (χ2v) is 6.69. The Morgan fingerprint density at radius 3 is 2.41 bits per heavy atom. The van der Waals surface area contributed by atoms with Crippen LogP contribution in [0, 0.1) is 5.41 Å². The third kappa shape index (κ3) is 1.83. The van der Waals surface area contributed by atoms with Gasteiger partial charge in [-0.15, -0.1) is 0 Å². The zero-order valence-corrected chi connectivity index (χ0v) is 11.2. The fraction of sp³-hybridized carbons (Fsp3) is 1.00. The smallest absolute Gasteiger partial charge is 0.120 e. The highest BCUT2D eigenvalue weighted by atomic mass is 16.6. The van der Waals surface area contributed by atoms with Crippen LogP contribution in [0.1, 0.15) is 52.4 Å². The molecule has 1 atom stereocenters. The first-order valence-electron chi connectivity index (χ1n) is 7.11. The molecule has 2 aliphatic heterocycles. The molecule has 3 rings (SSSR count). The highest BCUT2D eigenvalue weighted by molar-refractivity contribution is 5.05. The summed E-state index contributed by atoms with van der Waals surface area (Å²) in [6, 6.07) is 0. The van der Waals surface area contributed by atoms with E-state index in [1.54, 1.807) is 0 Å². The normalized spacial score (nSPS) is 39.9. The summed E-state index contributed by atoms with van der Waals surface area (Å²) in [5, 5.41) is 3.68. The highest BCUT2D eigenvalue weighted by Crippen LogP contribution is 2.49. The van der Waals surface area contributed by atoms with Gasteiger partial charge in [0.1, 0.15) is 11.3 Å². The minimum atomic E-state index is -0.0547. The lowest BCUT2D eigenvalue weighted by Crippen LogP contribution is -2.69. The average Bonchev–Trinajstić information content (AvgIpc) is 2.75. The molecule has 1 unspecified atom stereocenters. The Labute approximate surface area is 104 Å². The molecule has 0 radical (unpaired) electrons. The van der Waals surface area contributed by atoms with Crippen LogP contribution in [-0.2, 0) is 9.47 Å². The van der Waals surface area contributed by atoms with Crippen molar-refractivity contribution in [3.05, 3.63) is 0 Å². The minimum Gasteiger partial charge on any atom is -0.378 e. The van der Waals surface area contributed by atoms with Gasteiger partial charge in [-0.2, -0.15) is 0 Å². The molecule has 98 valence electrons. The van der Waals surface area contributed by atoms with Gasteiger partial charge in [0.15, 0.2) is 0 Å². The average molecular weight is 239 g/mol. The van der Waals surface area contributed by atoms with Crippen LogP contribution in [0.4, 0.5) is 0 Å². The van der Waals surface area contributed by atoms with Gasteiger partial charge in [0, 0.05) is 18.6 Å². The van der Waals surface area contributed by atoms with Gasteiger partial charge in [-0.1, -0.05) is 13.8 Å². The van der Waals surface area contributed by atoms with Crippen LogP contribution in [-0.4, -0.2) is 31.1 Å². The van der Waals surface area contributed by atoms with Gasteiger partial charge in [0.05, 0.1) is 6.61 Å². The van der Waals surface area contributed by atoms with Crippen molar-refractivity contribution < 1.29 is 9.47 Å². The Balaban J connectivity index is 1.86. The van der Waals surface area contributed by atoms with E-state index in [0.717, 1.165) is 32.6 Å². The lowest BCUT2D eigenvalue weighted by Gasteiger charge is -2.57. The topological polar surface area (TPSA) is 30.5 Å². The molecule has 1 saturated carbocycles. The molecular weight excluding hydrogens is 214 g/mol. The number of hydrogen-bond donors (Lipinski definition) is 1. The van der Waals surface area contributed by atoms with Crippen molar-refractivity contribution in [2.45, 2.75) is 63.7 Å². The molecule has 1 aliphatic carbocycles. The molecule has 3 fully saturated rings. The molecule has 1 N–H and O–H groups in total. The van der Waals surface area contributed by atoms with Crippen LogP contribution in [0.2, 0.25) is 0 Å². The van der Waals surface area contributed by atoms with Gasteiger partial charge in [0.2, 0.25) is 0 Å². The van der Waals surface area contributed by atoms with Crippen LogP contribution in [0.3, 0.4) is 0 Å². The van der Waals surface area contributed by atoms with E-state index in [9.17, 15) is 0 Å². The van der Waals surface area contributed by atoms with Gasteiger partial charge >= 0.3 is 0 Å². The van der Waals surface area contributed by atoms with Crippen molar-refractivity contribution in [2.24, 2.45) is 5.41 Å². The third-order valence-corrected chi connectivity index (χ3v) is 5.09. The molecule has 0 bridgehead atoms. The van der Waals surface area contributed by atoms with Crippen molar-refractivity contribution in [1.29, 1.82) is 0 Å². The first-order chi connectivity index (χ1) is 8.08. The SMILES string of the molecule is CC1(C)CNC2(CCCC2)OC12CCCOC2. The predicted molar refractivity (Wildman–Crippen MR) is 66.9 cm³/mol. The molecule has 0 aromatic heterocycles. The van der Waals surface area contributed by atoms with Crippen LogP contribution < -0.4 is 5.32 Å². The zero-order chi connectivity index (χ0) is 12.0. The Morgan fingerprint density at radius 1 is 1.00 bits per heavy atom. The third-order valence-electron chi connectivity index (χ3n) is 5.09. The first kappa shape index (κ1) is 11.9. The zero-order valence-electron chi connectivity index (χ0n) is 11.2. The highest BCUT2D eigenvalue weighted by Gasteiger charge is 2.56. The van der Waals surface area contributed by atoms with Gasteiger partial charge in [-0.3, -0.25) is 5.32 Å². The van der Waals surface area contributed by atoms with Crippen molar-refractivity contribution in [1.82, 2.24) is 5.32 Å². The van der Waals surface area contributed by atoms with Crippen molar-refractivity contribution in [3.63, 3.8) is 0 Å². The molecule has 0 aromatic carbocycles. The summed E-state index contributed by atoms with van der Waals surface area (Å²) in [5.74, 6) is 0. The molecule has 3 nitrogen and oxygen atoms in total. The van der Waals surface area contributed by atoms with E-state index in [1.165, 1.54) is 25.7 Å². The molecular formula is C14H25NO2. The second kappa shape index (κ2) is 3.94. The summed E-state index contributed by atoms with van der Waals surface area (Å²) in [6.45, 7) is 7.37. The Bertz CT molecular complexity index is 289. The van der Waals surface area contributed by atoms with Gasteiger partial charge in [-0.25, -0.2) is 0 Å². The fourth-order valence-corrected chi connectivity index (χ4v) is 3.70. The number of ether oxygens (including phenoxy) is 2. The Hall–Kier alpha value is -0.120. The summed E-state index contributed by atoms with van der Waals surface area (Å²) in [6.07, 6.45) is 7.23. The van der Waals surface area contributed by atoms with Gasteiger partial charge in [0.25, 0.3) is 0 Å². The predicted octanol–water partition coefficient (Wildman–Crippen LogP) is 2.45. The standard InChI is InChI=1S/C14H25NO2/c1-12(2)10-15-14(7-3-4-8-14)17-13(12)6-5-9-16-11-13/h15H,3-11H2,1-2H3. The summed E-state index contributed by atoms with van der Waals surface area (Å²) in [7, 11) is 0. The lowest BCUT2D eigenvalue weighted by atomic mass is 9.70. The van der Waals surface area contributed by atoms with E-state index in [1.807, 2.05) is 0 Å². The molecule has 2 heterocycles. The molecule has 0 aromatic rings. The van der Waals surface area contributed by atoms with Crippen molar-refractivity contribution in [3.8, 4) is 0 Å². The first-order valence-corrected chi connectivity index (χ1v) is 7.11. The van der Waals surface area contributed by atoms with E-state index < -0.39 is 0 Å². The summed E-state index contributed by atoms with van der Waals surface area (Å²) >= 11 is 0.